The van der Waals surface area contributed by atoms with Gasteiger partial charge in [0.05, 0.1) is 16.7 Å². The van der Waals surface area contributed by atoms with Crippen molar-refractivity contribution in [1.29, 1.82) is 0 Å². The van der Waals surface area contributed by atoms with Crippen molar-refractivity contribution >= 4 is 49.6 Å². The van der Waals surface area contributed by atoms with Crippen molar-refractivity contribution in [1.82, 2.24) is 4.57 Å². The fraction of sp³-hybridized carbons (Fsp3) is 0. The number of rotatable bonds is 8. The molecule has 11 rings (SSSR count). The van der Waals surface area contributed by atoms with Crippen molar-refractivity contribution in [3.8, 4) is 50.2 Å². The maximum Gasteiger partial charge on any atom is 0.0561 e. The number of hydrogen-bond donors (Lipinski definition) is 0. The van der Waals surface area contributed by atoms with E-state index in [0.717, 1.165) is 28.3 Å². The molecule has 0 aliphatic heterocycles. The molecule has 0 aliphatic carbocycles. The molecular formula is C58H40N2. The molecule has 0 saturated carbocycles. The molecule has 0 fully saturated rings. The van der Waals surface area contributed by atoms with E-state index in [9.17, 15) is 0 Å². The summed E-state index contributed by atoms with van der Waals surface area (Å²) < 4.78 is 2.44. The molecule has 282 valence electrons. The Morgan fingerprint density at radius 3 is 1.55 bits per heavy atom. The predicted octanol–water partition coefficient (Wildman–Crippen LogP) is 16.1. The van der Waals surface area contributed by atoms with E-state index in [1.54, 1.807) is 0 Å². The van der Waals surface area contributed by atoms with Crippen LogP contribution in [-0.4, -0.2) is 4.57 Å². The van der Waals surface area contributed by atoms with Crippen LogP contribution in [0.1, 0.15) is 0 Å². The number of nitrogens with zero attached hydrogens (tertiary/aromatic N) is 2. The lowest BCUT2D eigenvalue weighted by Gasteiger charge is -2.28. The Balaban J connectivity index is 1.07. The summed E-state index contributed by atoms with van der Waals surface area (Å²) in [4.78, 5) is 2.42. The summed E-state index contributed by atoms with van der Waals surface area (Å²) in [5.41, 5.74) is 16.5. The van der Waals surface area contributed by atoms with Gasteiger partial charge >= 0.3 is 0 Å². The summed E-state index contributed by atoms with van der Waals surface area (Å²) in [7, 11) is 0. The molecule has 0 spiro atoms. The highest BCUT2D eigenvalue weighted by Gasteiger charge is 2.20. The minimum absolute atomic E-state index is 1.09. The minimum Gasteiger partial charge on any atom is -0.310 e. The van der Waals surface area contributed by atoms with Crippen LogP contribution in [0.2, 0.25) is 0 Å². The Morgan fingerprint density at radius 2 is 0.800 bits per heavy atom. The first-order valence-electron chi connectivity index (χ1n) is 20.6. The number of fused-ring (bicyclic) bond motifs is 4. The van der Waals surface area contributed by atoms with E-state index in [1.807, 2.05) is 0 Å². The number of aromatic nitrogens is 1. The molecule has 0 amide bonds. The zero-order valence-corrected chi connectivity index (χ0v) is 33.0. The first kappa shape index (κ1) is 35.2. The SMILES string of the molecule is c1ccc(-c2ccc(-c3ccc(N(c4ccccc4)c4ccc5c6ccccc6n(-c6cccc(-c7ccccc7-c7ccccc7)c6)c5c4)c4ccccc34)cc2)cc1. The van der Waals surface area contributed by atoms with Crippen molar-refractivity contribution in [2.45, 2.75) is 0 Å². The topological polar surface area (TPSA) is 8.17 Å². The van der Waals surface area contributed by atoms with E-state index in [4.69, 9.17) is 0 Å². The Bertz CT molecular complexity index is 3290. The normalized spacial score (nSPS) is 11.3. The third-order valence-corrected chi connectivity index (χ3v) is 11.8. The van der Waals surface area contributed by atoms with E-state index in [-0.39, 0.29) is 0 Å². The minimum atomic E-state index is 1.09. The molecule has 2 nitrogen and oxygen atoms in total. The first-order chi connectivity index (χ1) is 29.8. The third kappa shape index (κ3) is 6.23. The van der Waals surface area contributed by atoms with Gasteiger partial charge in [-0.2, -0.15) is 0 Å². The molecule has 0 bridgehead atoms. The van der Waals surface area contributed by atoms with Gasteiger partial charge in [0.2, 0.25) is 0 Å². The van der Waals surface area contributed by atoms with Gasteiger partial charge in [0.25, 0.3) is 0 Å². The molecule has 1 aromatic heterocycles. The van der Waals surface area contributed by atoms with Crippen LogP contribution in [0.25, 0.3) is 82.8 Å². The van der Waals surface area contributed by atoms with Gasteiger partial charge in [-0.15, -0.1) is 0 Å². The van der Waals surface area contributed by atoms with E-state index in [0.29, 0.717) is 0 Å². The average molecular weight is 765 g/mol. The molecule has 0 N–H and O–H groups in total. The maximum absolute atomic E-state index is 2.44. The standard InChI is InChI=1S/C58H40N2/c1-4-17-41(18-5-1)42-31-33-44(34-32-42)51-37-38-57(53-28-13-12-27-52(51)53)59(46-22-8-3-9-23-46)48-35-36-55-54-29-14-15-30-56(54)60(58(55)40-48)47-24-16-21-45(39-47)50-26-11-10-25-49(50)43-19-6-2-7-20-43/h1-40H. The lowest BCUT2D eigenvalue weighted by Crippen LogP contribution is -2.10. The molecule has 10 aromatic carbocycles. The molecule has 0 aliphatic rings. The second-order valence-electron chi connectivity index (χ2n) is 15.3. The molecule has 2 heteroatoms. The lowest BCUT2D eigenvalue weighted by molar-refractivity contribution is 1.18. The predicted molar refractivity (Wildman–Crippen MR) is 255 cm³/mol. The quantitative estimate of drug-likeness (QED) is 0.150. The monoisotopic (exact) mass is 764 g/mol. The second kappa shape index (κ2) is 15.1. The zero-order chi connectivity index (χ0) is 39.8. The lowest BCUT2D eigenvalue weighted by atomic mass is 9.94. The smallest absolute Gasteiger partial charge is 0.0561 e. The molecule has 1 heterocycles. The van der Waals surface area contributed by atoms with Gasteiger partial charge in [0, 0.05) is 33.2 Å². The van der Waals surface area contributed by atoms with Crippen LogP contribution in [0.5, 0.6) is 0 Å². The van der Waals surface area contributed by atoms with Crippen LogP contribution in [0.3, 0.4) is 0 Å². The average Bonchev–Trinajstić information content (AvgIpc) is 3.66. The van der Waals surface area contributed by atoms with Crippen molar-refractivity contribution in [2.24, 2.45) is 0 Å². The van der Waals surface area contributed by atoms with Gasteiger partial charge in [0.1, 0.15) is 0 Å². The second-order valence-corrected chi connectivity index (χ2v) is 15.3. The number of benzene rings is 10. The third-order valence-electron chi connectivity index (χ3n) is 11.8. The summed E-state index contributed by atoms with van der Waals surface area (Å²) in [6.07, 6.45) is 0. The van der Waals surface area contributed by atoms with Crippen molar-refractivity contribution in [3.05, 3.63) is 243 Å². The highest BCUT2D eigenvalue weighted by molar-refractivity contribution is 6.11. The van der Waals surface area contributed by atoms with Gasteiger partial charge in [0.15, 0.2) is 0 Å². The Morgan fingerprint density at radius 1 is 0.267 bits per heavy atom. The van der Waals surface area contributed by atoms with Crippen LogP contribution in [0.15, 0.2) is 243 Å². The van der Waals surface area contributed by atoms with Crippen molar-refractivity contribution < 1.29 is 0 Å². The van der Waals surface area contributed by atoms with Crippen molar-refractivity contribution in [3.63, 3.8) is 0 Å². The summed E-state index contributed by atoms with van der Waals surface area (Å²) in [5.74, 6) is 0. The highest BCUT2D eigenvalue weighted by atomic mass is 15.1. The van der Waals surface area contributed by atoms with Crippen LogP contribution >= 0.6 is 0 Å². The van der Waals surface area contributed by atoms with Crippen LogP contribution < -0.4 is 4.90 Å². The van der Waals surface area contributed by atoms with Gasteiger partial charge in [-0.05, 0) is 98.4 Å². The van der Waals surface area contributed by atoms with Gasteiger partial charge in [-0.1, -0.05) is 194 Å². The number of hydrogen-bond acceptors (Lipinski definition) is 1. The van der Waals surface area contributed by atoms with Crippen LogP contribution in [0, 0.1) is 0 Å². The molecule has 0 radical (unpaired) electrons. The molecular weight excluding hydrogens is 725 g/mol. The summed E-state index contributed by atoms with van der Waals surface area (Å²) in [6.45, 7) is 0. The number of para-hydroxylation sites is 2. The Kier molecular flexibility index (Phi) is 8.87. The van der Waals surface area contributed by atoms with Gasteiger partial charge in [-0.3, -0.25) is 0 Å². The Hall–Kier alpha value is -7.94. The van der Waals surface area contributed by atoms with E-state index < -0.39 is 0 Å². The summed E-state index contributed by atoms with van der Waals surface area (Å²) >= 11 is 0. The number of anilines is 3. The molecule has 11 aromatic rings. The van der Waals surface area contributed by atoms with Gasteiger partial charge < -0.3 is 9.47 Å². The van der Waals surface area contributed by atoms with Gasteiger partial charge in [-0.25, -0.2) is 0 Å². The summed E-state index contributed by atoms with van der Waals surface area (Å²) in [6, 6.07) is 87.8. The van der Waals surface area contributed by atoms with E-state index >= 15 is 0 Å². The highest BCUT2D eigenvalue weighted by Crippen LogP contribution is 2.44. The molecule has 0 atom stereocenters. The van der Waals surface area contributed by atoms with E-state index in [1.165, 1.54) is 71.6 Å². The van der Waals surface area contributed by atoms with Crippen LogP contribution in [-0.2, 0) is 0 Å². The molecule has 0 saturated heterocycles. The maximum atomic E-state index is 2.44. The van der Waals surface area contributed by atoms with Crippen molar-refractivity contribution in [2.75, 3.05) is 4.90 Å². The van der Waals surface area contributed by atoms with Crippen LogP contribution in [0.4, 0.5) is 17.1 Å². The fourth-order valence-electron chi connectivity index (χ4n) is 9.00. The molecule has 60 heavy (non-hydrogen) atoms. The summed E-state index contributed by atoms with van der Waals surface area (Å²) in [5, 5.41) is 4.85. The fourth-order valence-corrected chi connectivity index (χ4v) is 9.00. The molecule has 0 unspecified atom stereocenters. The zero-order valence-electron chi connectivity index (χ0n) is 33.0. The first-order valence-corrected chi connectivity index (χ1v) is 20.6. The Labute approximate surface area is 350 Å². The van der Waals surface area contributed by atoms with E-state index in [2.05, 4.69) is 252 Å². The largest absolute Gasteiger partial charge is 0.310 e.